The highest BCUT2D eigenvalue weighted by atomic mass is 19.1. The van der Waals surface area contributed by atoms with Gasteiger partial charge in [0, 0.05) is 25.0 Å². The Bertz CT molecular complexity index is 1480. The topological polar surface area (TPSA) is 90.8 Å². The first-order valence-electron chi connectivity index (χ1n) is 10.9. The summed E-state index contributed by atoms with van der Waals surface area (Å²) in [4.78, 5) is 22.0. The molecule has 9 heteroatoms. The molecule has 8 nitrogen and oxygen atoms in total. The standard InChI is InChI=1S/C25H23FN6O2/c1-15(2)32-24-19(14-29-32)18(12-21(30-24)23-5-4-10-34-23)25(33)28-13-17-6-7-22(20(26)11-17)31-9-8-27-16(31)3/h4-12,14-15H,13H2,1-3H3,(H,28,33). The molecule has 0 fully saturated rings. The minimum Gasteiger partial charge on any atom is -0.463 e. The largest absolute Gasteiger partial charge is 0.463 e. The molecule has 4 aromatic heterocycles. The van der Waals surface area contributed by atoms with Gasteiger partial charge < -0.3 is 14.3 Å². The number of amides is 1. The second-order valence-corrected chi connectivity index (χ2v) is 8.27. The van der Waals surface area contributed by atoms with Crippen LogP contribution in [-0.4, -0.2) is 30.2 Å². The molecule has 1 N–H and O–H groups in total. The Kier molecular flexibility index (Phi) is 5.45. The molecule has 0 saturated heterocycles. The number of hydrogen-bond donors (Lipinski definition) is 1. The Labute approximate surface area is 195 Å². The first kappa shape index (κ1) is 21.6. The molecule has 0 aliphatic rings. The second kappa shape index (κ2) is 8.58. The lowest BCUT2D eigenvalue weighted by Gasteiger charge is -2.11. The Hall–Kier alpha value is -4.27. The van der Waals surface area contributed by atoms with Crippen molar-refractivity contribution in [3.05, 3.63) is 84.0 Å². The summed E-state index contributed by atoms with van der Waals surface area (Å²) in [5.41, 5.74) is 2.61. The molecule has 0 radical (unpaired) electrons. The van der Waals surface area contributed by atoms with Gasteiger partial charge in [0.1, 0.15) is 17.3 Å². The third kappa shape index (κ3) is 3.85. The first-order chi connectivity index (χ1) is 16.4. The third-order valence-corrected chi connectivity index (χ3v) is 5.62. The van der Waals surface area contributed by atoms with E-state index >= 15 is 0 Å². The number of benzene rings is 1. The molecule has 0 atom stereocenters. The summed E-state index contributed by atoms with van der Waals surface area (Å²) in [6, 6.07) is 10.2. The van der Waals surface area contributed by atoms with Gasteiger partial charge in [-0.15, -0.1) is 0 Å². The molecule has 0 bridgehead atoms. The molecule has 0 spiro atoms. The predicted octanol–water partition coefficient (Wildman–Crippen LogP) is 4.84. The van der Waals surface area contributed by atoms with Crippen molar-refractivity contribution in [1.29, 1.82) is 0 Å². The summed E-state index contributed by atoms with van der Waals surface area (Å²) in [6.07, 6.45) is 6.53. The van der Waals surface area contributed by atoms with Gasteiger partial charge in [-0.05, 0) is 56.7 Å². The monoisotopic (exact) mass is 458 g/mol. The number of halogens is 1. The number of carbonyl (C=O) groups is 1. The van der Waals surface area contributed by atoms with Gasteiger partial charge in [0.25, 0.3) is 5.91 Å². The van der Waals surface area contributed by atoms with Crippen molar-refractivity contribution in [1.82, 2.24) is 29.6 Å². The van der Waals surface area contributed by atoms with Crippen LogP contribution in [-0.2, 0) is 6.54 Å². The number of hydrogen-bond acceptors (Lipinski definition) is 5. The molecule has 0 unspecified atom stereocenters. The van der Waals surface area contributed by atoms with E-state index in [0.717, 1.165) is 0 Å². The highest BCUT2D eigenvalue weighted by Gasteiger charge is 2.19. The lowest BCUT2D eigenvalue weighted by Crippen LogP contribution is -2.23. The molecule has 5 aromatic rings. The van der Waals surface area contributed by atoms with Crippen LogP contribution in [0.15, 0.2) is 65.7 Å². The predicted molar refractivity (Wildman–Crippen MR) is 125 cm³/mol. The number of furan rings is 1. The molecule has 172 valence electrons. The van der Waals surface area contributed by atoms with Crippen LogP contribution in [0.2, 0.25) is 0 Å². The van der Waals surface area contributed by atoms with Crippen molar-refractivity contribution >= 4 is 16.9 Å². The average Bonchev–Trinajstić information content (AvgIpc) is 3.57. The number of aromatic nitrogens is 5. The Morgan fingerprint density at radius 2 is 2.09 bits per heavy atom. The number of carbonyl (C=O) groups excluding carboxylic acids is 1. The number of aryl methyl sites for hydroxylation is 1. The van der Waals surface area contributed by atoms with E-state index in [9.17, 15) is 9.18 Å². The molecule has 0 aliphatic carbocycles. The van der Waals surface area contributed by atoms with Crippen LogP contribution in [0.25, 0.3) is 28.2 Å². The molecular formula is C25H23FN6O2. The number of nitrogens with one attached hydrogen (secondary N) is 1. The van der Waals surface area contributed by atoms with Crippen molar-refractivity contribution in [2.75, 3.05) is 0 Å². The first-order valence-corrected chi connectivity index (χ1v) is 10.9. The van der Waals surface area contributed by atoms with Gasteiger partial charge >= 0.3 is 0 Å². The van der Waals surface area contributed by atoms with Crippen molar-refractivity contribution in [2.24, 2.45) is 0 Å². The maximum atomic E-state index is 14.7. The van der Waals surface area contributed by atoms with E-state index in [-0.39, 0.29) is 18.5 Å². The number of rotatable bonds is 6. The van der Waals surface area contributed by atoms with E-state index in [1.807, 2.05) is 13.8 Å². The summed E-state index contributed by atoms with van der Waals surface area (Å²) in [5, 5.41) is 7.95. The van der Waals surface area contributed by atoms with Crippen molar-refractivity contribution in [3.63, 3.8) is 0 Å². The van der Waals surface area contributed by atoms with Crippen LogP contribution in [0.3, 0.4) is 0 Å². The SMILES string of the molecule is Cc1nccn1-c1ccc(CNC(=O)c2cc(-c3ccco3)nc3c2cnn3C(C)C)cc1F. The van der Waals surface area contributed by atoms with Crippen LogP contribution in [0.4, 0.5) is 4.39 Å². The van der Waals surface area contributed by atoms with E-state index in [4.69, 9.17) is 4.42 Å². The van der Waals surface area contributed by atoms with Gasteiger partial charge in [0.15, 0.2) is 11.4 Å². The van der Waals surface area contributed by atoms with Gasteiger partial charge in [-0.25, -0.2) is 19.0 Å². The molecule has 4 heterocycles. The third-order valence-electron chi connectivity index (χ3n) is 5.62. The number of fused-ring (bicyclic) bond motifs is 1. The van der Waals surface area contributed by atoms with E-state index < -0.39 is 5.82 Å². The minimum absolute atomic E-state index is 0.0633. The molecule has 5 rings (SSSR count). The van der Waals surface area contributed by atoms with Crippen LogP contribution in [0.1, 0.15) is 41.6 Å². The molecular weight excluding hydrogens is 435 g/mol. The van der Waals surface area contributed by atoms with Crippen LogP contribution >= 0.6 is 0 Å². The van der Waals surface area contributed by atoms with Crippen molar-refractivity contribution in [3.8, 4) is 17.1 Å². The summed E-state index contributed by atoms with van der Waals surface area (Å²) in [5.74, 6) is 0.548. The van der Waals surface area contributed by atoms with E-state index in [0.29, 0.717) is 45.1 Å². The van der Waals surface area contributed by atoms with Gasteiger partial charge in [-0.1, -0.05) is 6.07 Å². The molecule has 0 saturated carbocycles. The smallest absolute Gasteiger partial charge is 0.252 e. The van der Waals surface area contributed by atoms with Gasteiger partial charge in [0.05, 0.1) is 29.1 Å². The van der Waals surface area contributed by atoms with E-state index in [2.05, 4.69) is 20.4 Å². The summed E-state index contributed by atoms with van der Waals surface area (Å²) >= 11 is 0. The van der Waals surface area contributed by atoms with E-state index in [1.54, 1.807) is 71.4 Å². The summed E-state index contributed by atoms with van der Waals surface area (Å²) < 4.78 is 23.7. The summed E-state index contributed by atoms with van der Waals surface area (Å²) in [6.45, 7) is 5.96. The zero-order valence-corrected chi connectivity index (χ0v) is 19.0. The maximum absolute atomic E-state index is 14.7. The zero-order valence-electron chi connectivity index (χ0n) is 19.0. The maximum Gasteiger partial charge on any atom is 0.252 e. The normalized spacial score (nSPS) is 11.4. The Morgan fingerprint density at radius 3 is 2.76 bits per heavy atom. The van der Waals surface area contributed by atoms with Crippen molar-refractivity contribution < 1.29 is 13.6 Å². The van der Waals surface area contributed by atoms with Gasteiger partial charge in [-0.2, -0.15) is 5.10 Å². The highest BCUT2D eigenvalue weighted by molar-refractivity contribution is 6.06. The summed E-state index contributed by atoms with van der Waals surface area (Å²) in [7, 11) is 0. The fraction of sp³-hybridized carbons (Fsp3) is 0.200. The van der Waals surface area contributed by atoms with Crippen LogP contribution in [0, 0.1) is 12.7 Å². The quantitative estimate of drug-likeness (QED) is 0.393. The lowest BCUT2D eigenvalue weighted by atomic mass is 10.1. The zero-order chi connectivity index (χ0) is 23.8. The fourth-order valence-corrected chi connectivity index (χ4v) is 3.90. The Balaban J connectivity index is 1.44. The van der Waals surface area contributed by atoms with Gasteiger partial charge in [-0.3, -0.25) is 4.79 Å². The fourth-order valence-electron chi connectivity index (χ4n) is 3.90. The average molecular weight is 458 g/mol. The number of imidazole rings is 1. The molecule has 1 amide bonds. The highest BCUT2D eigenvalue weighted by Crippen LogP contribution is 2.27. The van der Waals surface area contributed by atoms with Crippen LogP contribution < -0.4 is 5.32 Å². The van der Waals surface area contributed by atoms with Gasteiger partial charge in [0.2, 0.25) is 0 Å². The van der Waals surface area contributed by atoms with Crippen LogP contribution in [0.5, 0.6) is 0 Å². The molecule has 1 aromatic carbocycles. The number of pyridine rings is 1. The molecule has 34 heavy (non-hydrogen) atoms. The lowest BCUT2D eigenvalue weighted by molar-refractivity contribution is 0.0952. The molecule has 0 aliphatic heterocycles. The Morgan fingerprint density at radius 1 is 1.24 bits per heavy atom. The minimum atomic E-state index is -0.391. The number of nitrogens with zero attached hydrogens (tertiary/aromatic N) is 5. The second-order valence-electron chi connectivity index (χ2n) is 8.27. The van der Waals surface area contributed by atoms with Crippen molar-refractivity contribution in [2.45, 2.75) is 33.4 Å². The van der Waals surface area contributed by atoms with E-state index in [1.165, 1.54) is 6.07 Å².